The summed E-state index contributed by atoms with van der Waals surface area (Å²) in [5.41, 5.74) is 3.83. The van der Waals surface area contributed by atoms with Gasteiger partial charge in [-0.05, 0) is 53.6 Å². The van der Waals surface area contributed by atoms with Gasteiger partial charge in [-0.25, -0.2) is 5.43 Å². The van der Waals surface area contributed by atoms with Crippen LogP contribution in [0.2, 0.25) is 5.02 Å². The van der Waals surface area contributed by atoms with Gasteiger partial charge in [0.2, 0.25) is 0 Å². The molecule has 1 atom stereocenters. The predicted octanol–water partition coefficient (Wildman–Crippen LogP) is 2.50. The molecule has 5 nitrogen and oxygen atoms in total. The number of rotatable bonds is 5. The summed E-state index contributed by atoms with van der Waals surface area (Å²) in [6.45, 7) is 10.9. The molecule has 20 heavy (non-hydrogen) atoms. The fraction of sp³-hybridized carbons (Fsp3) is 0.786. The summed E-state index contributed by atoms with van der Waals surface area (Å²) in [7, 11) is 0. The highest BCUT2D eigenvalue weighted by Gasteiger charge is 2.40. The van der Waals surface area contributed by atoms with Crippen LogP contribution in [0.3, 0.4) is 0 Å². The lowest BCUT2D eigenvalue weighted by molar-refractivity contribution is 0.102. The van der Waals surface area contributed by atoms with Crippen molar-refractivity contribution in [3.63, 3.8) is 0 Å². The van der Waals surface area contributed by atoms with Gasteiger partial charge in [-0.2, -0.15) is 5.10 Å². The highest BCUT2D eigenvalue weighted by Crippen LogP contribution is 2.36. The van der Waals surface area contributed by atoms with E-state index in [1.165, 1.54) is 12.8 Å². The van der Waals surface area contributed by atoms with E-state index in [9.17, 15) is 0 Å². The van der Waals surface area contributed by atoms with Crippen LogP contribution in [0.15, 0.2) is 6.20 Å². The average Bonchev–Trinajstić information content (AvgIpc) is 3.00. The molecule has 0 aromatic carbocycles. The first kappa shape index (κ1) is 15.8. The standard InChI is InChI=1S/C14H26ClN5/c1-10(2)20-12(11(15)9-17-20)13(18-16)14(3,4)19-7-5-6-8-19/h9-10,13,18H,5-8,16H2,1-4H3. The van der Waals surface area contributed by atoms with Crippen molar-refractivity contribution < 1.29 is 0 Å². The number of hydrazine groups is 1. The van der Waals surface area contributed by atoms with Crippen LogP contribution < -0.4 is 11.3 Å². The number of hydrogen-bond donors (Lipinski definition) is 2. The Bertz CT molecular complexity index is 448. The molecule has 1 saturated heterocycles. The van der Waals surface area contributed by atoms with Crippen LogP contribution in [0, 0.1) is 0 Å². The maximum absolute atomic E-state index is 6.38. The van der Waals surface area contributed by atoms with E-state index in [4.69, 9.17) is 17.4 Å². The minimum Gasteiger partial charge on any atom is -0.296 e. The van der Waals surface area contributed by atoms with Crippen LogP contribution in [0.4, 0.5) is 0 Å². The molecule has 0 amide bonds. The Kier molecular flexibility index (Phi) is 4.74. The molecule has 1 fully saturated rings. The number of hydrogen-bond acceptors (Lipinski definition) is 4. The van der Waals surface area contributed by atoms with Crippen molar-refractivity contribution in [2.24, 2.45) is 5.84 Å². The van der Waals surface area contributed by atoms with Gasteiger partial charge < -0.3 is 0 Å². The maximum atomic E-state index is 6.38. The van der Waals surface area contributed by atoms with E-state index >= 15 is 0 Å². The first-order valence-corrected chi connectivity index (χ1v) is 7.71. The summed E-state index contributed by atoms with van der Waals surface area (Å²) < 4.78 is 1.96. The highest BCUT2D eigenvalue weighted by atomic mass is 35.5. The lowest BCUT2D eigenvalue weighted by Gasteiger charge is -2.42. The van der Waals surface area contributed by atoms with Crippen LogP contribution in [0.1, 0.15) is 58.3 Å². The quantitative estimate of drug-likeness (QED) is 0.648. The Balaban J connectivity index is 2.39. The molecular weight excluding hydrogens is 274 g/mol. The van der Waals surface area contributed by atoms with E-state index in [1.807, 2.05) is 4.68 Å². The summed E-state index contributed by atoms with van der Waals surface area (Å²) in [5.74, 6) is 5.88. The molecule has 1 aromatic rings. The van der Waals surface area contributed by atoms with Crippen molar-refractivity contribution in [3.05, 3.63) is 16.9 Å². The van der Waals surface area contributed by atoms with E-state index < -0.39 is 0 Å². The molecule has 0 aliphatic carbocycles. The molecule has 0 bridgehead atoms. The predicted molar refractivity (Wildman–Crippen MR) is 82.6 cm³/mol. The third-order valence-electron chi connectivity index (χ3n) is 4.34. The van der Waals surface area contributed by atoms with Gasteiger partial charge >= 0.3 is 0 Å². The summed E-state index contributed by atoms with van der Waals surface area (Å²) in [4.78, 5) is 2.48. The lowest BCUT2D eigenvalue weighted by atomic mass is 9.90. The van der Waals surface area contributed by atoms with Crippen LogP contribution >= 0.6 is 11.6 Å². The molecule has 2 rings (SSSR count). The Morgan fingerprint density at radius 2 is 1.95 bits per heavy atom. The lowest BCUT2D eigenvalue weighted by Crippen LogP contribution is -2.53. The number of nitrogens with one attached hydrogen (secondary N) is 1. The van der Waals surface area contributed by atoms with E-state index in [0.717, 1.165) is 18.8 Å². The molecule has 1 unspecified atom stereocenters. The van der Waals surface area contributed by atoms with Crippen LogP contribution in [0.25, 0.3) is 0 Å². The van der Waals surface area contributed by atoms with Gasteiger partial charge in [-0.1, -0.05) is 11.6 Å². The van der Waals surface area contributed by atoms with E-state index in [2.05, 4.69) is 43.1 Å². The third-order valence-corrected chi connectivity index (χ3v) is 4.63. The molecule has 0 saturated carbocycles. The van der Waals surface area contributed by atoms with Gasteiger partial charge in [-0.15, -0.1) is 0 Å². The monoisotopic (exact) mass is 299 g/mol. The Morgan fingerprint density at radius 1 is 1.35 bits per heavy atom. The van der Waals surface area contributed by atoms with Crippen molar-refractivity contribution in [2.45, 2.75) is 58.2 Å². The van der Waals surface area contributed by atoms with Gasteiger partial charge in [0.1, 0.15) is 0 Å². The zero-order valence-electron chi connectivity index (χ0n) is 12.9. The second kappa shape index (κ2) is 6.02. The second-order valence-corrected chi connectivity index (χ2v) is 6.77. The van der Waals surface area contributed by atoms with Crippen LogP contribution in [-0.4, -0.2) is 33.3 Å². The van der Waals surface area contributed by atoms with Gasteiger partial charge in [0, 0.05) is 11.6 Å². The van der Waals surface area contributed by atoms with Gasteiger partial charge in [-0.3, -0.25) is 15.4 Å². The molecular formula is C14H26ClN5. The Labute approximate surface area is 126 Å². The number of halogens is 1. The second-order valence-electron chi connectivity index (χ2n) is 6.36. The van der Waals surface area contributed by atoms with Gasteiger partial charge in [0.25, 0.3) is 0 Å². The van der Waals surface area contributed by atoms with Gasteiger partial charge in [0.05, 0.1) is 23.0 Å². The number of nitrogens with zero attached hydrogens (tertiary/aromatic N) is 3. The first-order valence-electron chi connectivity index (χ1n) is 7.33. The van der Waals surface area contributed by atoms with Crippen molar-refractivity contribution >= 4 is 11.6 Å². The van der Waals surface area contributed by atoms with Crippen LogP contribution in [0.5, 0.6) is 0 Å². The van der Waals surface area contributed by atoms with E-state index in [0.29, 0.717) is 5.02 Å². The first-order chi connectivity index (χ1) is 9.39. The normalized spacial score (nSPS) is 18.9. The van der Waals surface area contributed by atoms with E-state index in [1.54, 1.807) is 6.20 Å². The average molecular weight is 300 g/mol. The molecule has 1 aliphatic heterocycles. The minimum absolute atomic E-state index is 0.0574. The molecule has 3 N–H and O–H groups in total. The van der Waals surface area contributed by atoms with Crippen LogP contribution in [-0.2, 0) is 0 Å². The number of aromatic nitrogens is 2. The zero-order valence-corrected chi connectivity index (χ0v) is 13.6. The van der Waals surface area contributed by atoms with Crippen molar-refractivity contribution in [1.82, 2.24) is 20.1 Å². The summed E-state index contributed by atoms with van der Waals surface area (Å²) in [6.07, 6.45) is 4.21. The summed E-state index contributed by atoms with van der Waals surface area (Å²) in [5, 5.41) is 5.07. The smallest absolute Gasteiger partial charge is 0.0835 e. The molecule has 6 heteroatoms. The maximum Gasteiger partial charge on any atom is 0.0835 e. The SMILES string of the molecule is CC(C)n1ncc(Cl)c1C(NN)C(C)(C)N1CCCC1. The molecule has 0 spiro atoms. The molecule has 114 valence electrons. The largest absolute Gasteiger partial charge is 0.296 e. The summed E-state index contributed by atoms with van der Waals surface area (Å²) >= 11 is 6.38. The topological polar surface area (TPSA) is 59.1 Å². The highest BCUT2D eigenvalue weighted by molar-refractivity contribution is 6.31. The molecule has 1 aromatic heterocycles. The fourth-order valence-corrected chi connectivity index (χ4v) is 3.37. The van der Waals surface area contributed by atoms with Crippen molar-refractivity contribution in [2.75, 3.05) is 13.1 Å². The summed E-state index contributed by atoms with van der Waals surface area (Å²) in [6, 6.07) is 0.195. The number of nitrogens with two attached hydrogens (primary N) is 1. The Hall–Kier alpha value is -0.620. The molecule has 0 radical (unpaired) electrons. The van der Waals surface area contributed by atoms with Crippen molar-refractivity contribution in [1.29, 1.82) is 0 Å². The molecule has 2 heterocycles. The molecule has 1 aliphatic rings. The third kappa shape index (κ3) is 2.72. The number of likely N-dealkylation sites (tertiary alicyclic amines) is 1. The van der Waals surface area contributed by atoms with Crippen molar-refractivity contribution in [3.8, 4) is 0 Å². The fourth-order valence-electron chi connectivity index (χ4n) is 3.13. The van der Waals surface area contributed by atoms with Gasteiger partial charge in [0.15, 0.2) is 0 Å². The Morgan fingerprint density at radius 3 is 2.45 bits per heavy atom. The minimum atomic E-state index is -0.110. The zero-order chi connectivity index (χ0) is 14.9. The van der Waals surface area contributed by atoms with E-state index in [-0.39, 0.29) is 17.6 Å².